The van der Waals surface area contributed by atoms with Crippen LogP contribution >= 0.6 is 12.3 Å². The van der Waals surface area contributed by atoms with E-state index < -0.39 is 0 Å². The Labute approximate surface area is 59.7 Å². The molecule has 3 heteroatoms. The molecule has 0 aromatic rings. The van der Waals surface area contributed by atoms with Gasteiger partial charge in [-0.15, -0.1) is 17.0 Å². The maximum absolute atomic E-state index is 11.8. The highest BCUT2D eigenvalue weighted by molar-refractivity contribution is 7.91. The second-order valence-electron chi connectivity index (χ2n) is 1.49. The first kappa shape index (κ1) is 8.72. The van der Waals surface area contributed by atoms with E-state index in [0.29, 0.717) is 13.1 Å². The zero-order valence-electron chi connectivity index (χ0n) is 5.22. The molecule has 0 aliphatic heterocycles. The monoisotopic (exact) mass is 147 g/mol. The number of hydrogen-bond acceptors (Lipinski definition) is 2. The maximum Gasteiger partial charge on any atom is 0.135 e. The third kappa shape index (κ3) is 4.24. The third-order valence-corrected chi connectivity index (χ3v) is 1.26. The van der Waals surface area contributed by atoms with Gasteiger partial charge in [0.05, 0.1) is 0 Å². The summed E-state index contributed by atoms with van der Waals surface area (Å²) in [6, 6.07) is 0. The first-order chi connectivity index (χ1) is 4.35. The van der Waals surface area contributed by atoms with Crippen LogP contribution in [0.25, 0.3) is 0 Å². The first-order valence-electron chi connectivity index (χ1n) is 2.60. The van der Waals surface area contributed by atoms with Crippen LogP contribution in [0, 0.1) is 0 Å². The molecule has 0 spiro atoms. The van der Waals surface area contributed by atoms with Crippen molar-refractivity contribution in [2.45, 2.75) is 0 Å². The maximum atomic E-state index is 11.8. The predicted octanol–water partition coefficient (Wildman–Crippen LogP) is 2.19. The lowest BCUT2D eigenvalue weighted by Gasteiger charge is -2.09. The molecule has 0 amide bonds. The van der Waals surface area contributed by atoms with Crippen LogP contribution in [0.15, 0.2) is 25.3 Å². The molecule has 0 aliphatic carbocycles. The number of rotatable bonds is 5. The SMILES string of the molecule is C=CCN(CC=C)SF. The molecule has 0 fully saturated rings. The highest BCUT2D eigenvalue weighted by Gasteiger charge is 1.97. The van der Waals surface area contributed by atoms with Gasteiger partial charge in [-0.25, -0.2) is 4.31 Å². The van der Waals surface area contributed by atoms with Gasteiger partial charge in [0.1, 0.15) is 12.3 Å². The van der Waals surface area contributed by atoms with Gasteiger partial charge < -0.3 is 0 Å². The molecule has 9 heavy (non-hydrogen) atoms. The van der Waals surface area contributed by atoms with Crippen LogP contribution in [0.4, 0.5) is 3.89 Å². The van der Waals surface area contributed by atoms with Crippen molar-refractivity contribution >= 4 is 12.3 Å². The summed E-state index contributed by atoms with van der Waals surface area (Å²) in [5.74, 6) is 0. The van der Waals surface area contributed by atoms with Crippen LogP contribution in [-0.4, -0.2) is 17.4 Å². The molecule has 0 heterocycles. The molecule has 0 aromatic heterocycles. The van der Waals surface area contributed by atoms with Crippen molar-refractivity contribution in [3.63, 3.8) is 0 Å². The summed E-state index contributed by atoms with van der Waals surface area (Å²) in [4.78, 5) is 0. The number of nitrogens with zero attached hydrogens (tertiary/aromatic N) is 1. The average molecular weight is 147 g/mol. The molecule has 0 aliphatic rings. The first-order valence-corrected chi connectivity index (χ1v) is 3.28. The topological polar surface area (TPSA) is 3.24 Å². The Morgan fingerprint density at radius 3 is 2.00 bits per heavy atom. The van der Waals surface area contributed by atoms with Gasteiger partial charge in [0.25, 0.3) is 0 Å². The van der Waals surface area contributed by atoms with Crippen LogP contribution in [0.1, 0.15) is 0 Å². The van der Waals surface area contributed by atoms with Crippen molar-refractivity contribution in [2.24, 2.45) is 0 Å². The van der Waals surface area contributed by atoms with Crippen molar-refractivity contribution in [3.8, 4) is 0 Å². The van der Waals surface area contributed by atoms with Gasteiger partial charge in [-0.1, -0.05) is 12.2 Å². The number of halogens is 1. The predicted molar refractivity (Wildman–Crippen MR) is 40.7 cm³/mol. The Morgan fingerprint density at radius 2 is 1.78 bits per heavy atom. The van der Waals surface area contributed by atoms with Crippen LogP contribution in [0.2, 0.25) is 0 Å². The average Bonchev–Trinajstić information content (AvgIpc) is 1.88. The zero-order valence-corrected chi connectivity index (χ0v) is 6.03. The van der Waals surface area contributed by atoms with Crippen molar-refractivity contribution in [3.05, 3.63) is 25.3 Å². The molecule has 0 N–H and O–H groups in total. The molecular weight excluding hydrogens is 137 g/mol. The lowest BCUT2D eigenvalue weighted by atomic mass is 10.5. The molecule has 0 saturated carbocycles. The Hall–Kier alpha value is -0.280. The van der Waals surface area contributed by atoms with Crippen LogP contribution in [-0.2, 0) is 0 Å². The van der Waals surface area contributed by atoms with Crippen molar-refractivity contribution < 1.29 is 3.89 Å². The minimum absolute atomic E-state index is 0.210. The van der Waals surface area contributed by atoms with E-state index in [9.17, 15) is 3.89 Å². The second-order valence-corrected chi connectivity index (χ2v) is 2.15. The van der Waals surface area contributed by atoms with Gasteiger partial charge in [-0.2, -0.15) is 0 Å². The van der Waals surface area contributed by atoms with Gasteiger partial charge in [0, 0.05) is 13.1 Å². The Balaban J connectivity index is 3.39. The summed E-state index contributed by atoms with van der Waals surface area (Å²) in [7, 11) is 0. The molecule has 1 nitrogen and oxygen atoms in total. The van der Waals surface area contributed by atoms with E-state index in [1.807, 2.05) is 0 Å². The summed E-state index contributed by atoms with van der Waals surface area (Å²) < 4.78 is 13.3. The van der Waals surface area contributed by atoms with E-state index in [-0.39, 0.29) is 12.3 Å². The highest BCUT2D eigenvalue weighted by Crippen LogP contribution is 2.08. The van der Waals surface area contributed by atoms with E-state index in [1.165, 1.54) is 4.31 Å². The molecule has 52 valence electrons. The summed E-state index contributed by atoms with van der Waals surface area (Å²) in [6.45, 7) is 8.05. The van der Waals surface area contributed by atoms with E-state index in [2.05, 4.69) is 13.2 Å². The Bertz CT molecular complexity index is 85.1. The summed E-state index contributed by atoms with van der Waals surface area (Å²) in [5, 5.41) is 0. The minimum atomic E-state index is 0.210. The highest BCUT2D eigenvalue weighted by atomic mass is 32.2. The second kappa shape index (κ2) is 5.85. The molecule has 0 unspecified atom stereocenters. The molecule has 0 radical (unpaired) electrons. The Kier molecular flexibility index (Phi) is 5.67. The van der Waals surface area contributed by atoms with Crippen LogP contribution < -0.4 is 0 Å². The van der Waals surface area contributed by atoms with Gasteiger partial charge in [0.2, 0.25) is 0 Å². The van der Waals surface area contributed by atoms with Gasteiger partial charge >= 0.3 is 0 Å². The third-order valence-electron chi connectivity index (χ3n) is 0.763. The van der Waals surface area contributed by atoms with Gasteiger partial charge in [-0.05, 0) is 0 Å². The van der Waals surface area contributed by atoms with Crippen LogP contribution in [0.3, 0.4) is 0 Å². The summed E-state index contributed by atoms with van der Waals surface area (Å²) in [6.07, 6.45) is 3.30. The normalized spacial score (nSPS) is 9.56. The summed E-state index contributed by atoms with van der Waals surface area (Å²) >= 11 is 0.210. The van der Waals surface area contributed by atoms with Crippen molar-refractivity contribution in [1.82, 2.24) is 4.31 Å². The van der Waals surface area contributed by atoms with E-state index in [4.69, 9.17) is 0 Å². The van der Waals surface area contributed by atoms with E-state index in [1.54, 1.807) is 12.2 Å². The largest absolute Gasteiger partial charge is 0.215 e. The fraction of sp³-hybridized carbons (Fsp3) is 0.333. The fourth-order valence-corrected chi connectivity index (χ4v) is 0.742. The molecule has 0 bridgehead atoms. The quantitative estimate of drug-likeness (QED) is 0.433. The Morgan fingerprint density at radius 1 is 1.33 bits per heavy atom. The van der Waals surface area contributed by atoms with Gasteiger partial charge in [0.15, 0.2) is 0 Å². The molecular formula is C6H10FNS. The minimum Gasteiger partial charge on any atom is -0.215 e. The van der Waals surface area contributed by atoms with Gasteiger partial charge in [-0.3, -0.25) is 0 Å². The molecule has 0 saturated heterocycles. The van der Waals surface area contributed by atoms with E-state index in [0.717, 1.165) is 0 Å². The van der Waals surface area contributed by atoms with Crippen molar-refractivity contribution in [1.29, 1.82) is 0 Å². The zero-order chi connectivity index (χ0) is 7.11. The lowest BCUT2D eigenvalue weighted by molar-refractivity contribution is 0.559. The van der Waals surface area contributed by atoms with Crippen LogP contribution in [0.5, 0.6) is 0 Å². The molecule has 0 rings (SSSR count). The molecule has 0 atom stereocenters. The lowest BCUT2D eigenvalue weighted by Crippen LogP contribution is -2.13. The standard InChI is InChI=1S/C6H10FNS/c1-3-5-8(9-7)6-4-2/h3-4H,1-2,5-6H2. The molecule has 0 aromatic carbocycles. The number of hydrogen-bond donors (Lipinski definition) is 0. The summed E-state index contributed by atoms with van der Waals surface area (Å²) in [5.41, 5.74) is 0. The fourth-order valence-electron chi connectivity index (χ4n) is 0.419. The smallest absolute Gasteiger partial charge is 0.135 e. The van der Waals surface area contributed by atoms with Crippen molar-refractivity contribution in [2.75, 3.05) is 13.1 Å². The van der Waals surface area contributed by atoms with E-state index >= 15 is 0 Å².